The zero-order chi connectivity index (χ0) is 24.5. The molecule has 4 rings (SSSR count). The Morgan fingerprint density at radius 3 is 2.09 bits per heavy atom. The van der Waals surface area contributed by atoms with E-state index in [1.807, 2.05) is 61.5 Å². The molecule has 0 aliphatic rings. The third-order valence-corrected chi connectivity index (χ3v) is 6.34. The van der Waals surface area contributed by atoms with E-state index in [-0.39, 0.29) is 18.0 Å². The van der Waals surface area contributed by atoms with Crippen LogP contribution in [-0.2, 0) is 10.0 Å². The zero-order valence-corrected chi connectivity index (χ0v) is 19.9. The average molecular weight is 492 g/mol. The summed E-state index contributed by atoms with van der Waals surface area (Å²) in [6.07, 6.45) is 0. The van der Waals surface area contributed by atoms with E-state index < -0.39 is 10.0 Å². The molecule has 1 heterocycles. The van der Waals surface area contributed by atoms with E-state index in [9.17, 15) is 8.42 Å². The minimum absolute atomic E-state index is 0.0763. The maximum absolute atomic E-state index is 12.5. The SMILES string of the molecule is CCOc1ccc(-c2ccc(OCCNS(=O)(=O)c3ccc(Oc4ccccc4)cc3)nn2)cc1. The van der Waals surface area contributed by atoms with Crippen molar-refractivity contribution in [2.45, 2.75) is 11.8 Å². The third-order valence-electron chi connectivity index (χ3n) is 4.86. The van der Waals surface area contributed by atoms with Crippen LogP contribution in [0, 0.1) is 0 Å². The van der Waals surface area contributed by atoms with Crippen LogP contribution in [0.1, 0.15) is 6.92 Å². The number of rotatable bonds is 11. The van der Waals surface area contributed by atoms with E-state index in [0.29, 0.717) is 29.7 Å². The van der Waals surface area contributed by atoms with E-state index in [0.717, 1.165) is 11.3 Å². The van der Waals surface area contributed by atoms with Crippen LogP contribution in [0.15, 0.2) is 95.9 Å². The molecule has 0 saturated heterocycles. The predicted octanol–water partition coefficient (Wildman–Crippen LogP) is 4.69. The minimum atomic E-state index is -3.69. The second-order valence-electron chi connectivity index (χ2n) is 7.35. The summed E-state index contributed by atoms with van der Waals surface area (Å²) in [5.74, 6) is 2.32. The molecule has 0 aliphatic heterocycles. The van der Waals surface area contributed by atoms with Crippen LogP contribution < -0.4 is 18.9 Å². The summed E-state index contributed by atoms with van der Waals surface area (Å²) in [4.78, 5) is 0.136. The van der Waals surface area contributed by atoms with E-state index in [4.69, 9.17) is 14.2 Å². The van der Waals surface area contributed by atoms with Gasteiger partial charge in [-0.2, -0.15) is 0 Å². The molecule has 3 aromatic carbocycles. The maximum atomic E-state index is 12.5. The van der Waals surface area contributed by atoms with Crippen LogP contribution in [0.5, 0.6) is 23.1 Å². The second kappa shape index (κ2) is 11.5. The molecular weight excluding hydrogens is 466 g/mol. The Kier molecular flexibility index (Phi) is 7.92. The first kappa shape index (κ1) is 24.2. The van der Waals surface area contributed by atoms with Crippen LogP contribution in [-0.4, -0.2) is 38.4 Å². The lowest BCUT2D eigenvalue weighted by Gasteiger charge is -2.09. The first-order valence-electron chi connectivity index (χ1n) is 11.1. The Morgan fingerprint density at radius 1 is 0.743 bits per heavy atom. The molecule has 1 N–H and O–H groups in total. The quantitative estimate of drug-likeness (QED) is 0.304. The molecule has 0 amide bonds. The van der Waals surface area contributed by atoms with E-state index in [1.165, 1.54) is 12.1 Å². The number of nitrogens with one attached hydrogen (secondary N) is 1. The van der Waals surface area contributed by atoms with Gasteiger partial charge in [-0.3, -0.25) is 0 Å². The summed E-state index contributed by atoms with van der Waals surface area (Å²) in [6, 6.07) is 26.5. The molecular formula is C26H25N3O5S. The highest BCUT2D eigenvalue weighted by Crippen LogP contribution is 2.23. The van der Waals surface area contributed by atoms with Gasteiger partial charge in [0, 0.05) is 18.2 Å². The van der Waals surface area contributed by atoms with Crippen molar-refractivity contribution in [2.24, 2.45) is 0 Å². The van der Waals surface area contributed by atoms with Crippen molar-refractivity contribution in [3.05, 3.63) is 91.0 Å². The topological polar surface area (TPSA) is 99.6 Å². The van der Waals surface area contributed by atoms with Crippen LogP contribution in [0.4, 0.5) is 0 Å². The van der Waals surface area contributed by atoms with Gasteiger partial charge in [0.25, 0.3) is 0 Å². The Labute approximate surface area is 204 Å². The molecule has 4 aromatic rings. The number of benzene rings is 3. The fourth-order valence-corrected chi connectivity index (χ4v) is 4.18. The highest BCUT2D eigenvalue weighted by molar-refractivity contribution is 7.89. The summed E-state index contributed by atoms with van der Waals surface area (Å²) in [5, 5.41) is 8.23. The molecule has 0 fully saturated rings. The first-order chi connectivity index (χ1) is 17.0. The highest BCUT2D eigenvalue weighted by atomic mass is 32.2. The maximum Gasteiger partial charge on any atom is 0.240 e. The van der Waals surface area contributed by atoms with Crippen molar-refractivity contribution in [2.75, 3.05) is 19.8 Å². The van der Waals surface area contributed by atoms with Crippen molar-refractivity contribution in [1.29, 1.82) is 0 Å². The molecule has 0 unspecified atom stereocenters. The van der Waals surface area contributed by atoms with Gasteiger partial charge in [0.2, 0.25) is 15.9 Å². The summed E-state index contributed by atoms with van der Waals surface area (Å²) < 4.78 is 44.2. The smallest absolute Gasteiger partial charge is 0.240 e. The third kappa shape index (κ3) is 6.78. The lowest BCUT2D eigenvalue weighted by molar-refractivity contribution is 0.307. The van der Waals surface area contributed by atoms with Crippen LogP contribution in [0.2, 0.25) is 0 Å². The molecule has 0 spiro atoms. The predicted molar refractivity (Wildman–Crippen MR) is 132 cm³/mol. The van der Waals surface area contributed by atoms with Crippen molar-refractivity contribution < 1.29 is 22.6 Å². The van der Waals surface area contributed by atoms with Gasteiger partial charge in [0.05, 0.1) is 17.2 Å². The first-order valence-corrected chi connectivity index (χ1v) is 12.5. The number of hydrogen-bond acceptors (Lipinski definition) is 7. The van der Waals surface area contributed by atoms with Gasteiger partial charge in [-0.1, -0.05) is 18.2 Å². The standard InChI is InChI=1S/C26H25N3O5S/c1-2-32-21-10-8-20(9-11-21)25-16-17-26(29-28-25)33-19-18-27-35(30,31)24-14-12-23(13-15-24)34-22-6-4-3-5-7-22/h3-17,27H,2,18-19H2,1H3. The number of nitrogens with zero attached hydrogens (tertiary/aromatic N) is 2. The molecule has 180 valence electrons. The van der Waals surface area contributed by atoms with Crippen LogP contribution >= 0.6 is 0 Å². The molecule has 0 saturated carbocycles. The number of sulfonamides is 1. The van der Waals surface area contributed by atoms with Crippen molar-refractivity contribution >= 4 is 10.0 Å². The molecule has 8 nitrogen and oxygen atoms in total. The Morgan fingerprint density at radius 2 is 1.43 bits per heavy atom. The van der Waals surface area contributed by atoms with Crippen LogP contribution in [0.3, 0.4) is 0 Å². The van der Waals surface area contributed by atoms with Gasteiger partial charge < -0.3 is 14.2 Å². The van der Waals surface area contributed by atoms with Gasteiger partial charge in [0.1, 0.15) is 23.9 Å². The van der Waals surface area contributed by atoms with Crippen molar-refractivity contribution in [3.8, 4) is 34.4 Å². The lowest BCUT2D eigenvalue weighted by Crippen LogP contribution is -2.28. The highest BCUT2D eigenvalue weighted by Gasteiger charge is 2.14. The fraction of sp³-hybridized carbons (Fsp3) is 0.154. The number of para-hydroxylation sites is 1. The summed E-state index contributed by atoms with van der Waals surface area (Å²) >= 11 is 0. The van der Waals surface area contributed by atoms with Crippen molar-refractivity contribution in [1.82, 2.24) is 14.9 Å². The van der Waals surface area contributed by atoms with Gasteiger partial charge >= 0.3 is 0 Å². The molecule has 35 heavy (non-hydrogen) atoms. The Bertz CT molecular complexity index is 1310. The molecule has 0 bridgehead atoms. The number of aromatic nitrogens is 2. The summed E-state index contributed by atoms with van der Waals surface area (Å²) in [5.41, 5.74) is 1.60. The summed E-state index contributed by atoms with van der Waals surface area (Å²) in [6.45, 7) is 2.72. The second-order valence-corrected chi connectivity index (χ2v) is 9.11. The normalized spacial score (nSPS) is 11.1. The van der Waals surface area contributed by atoms with Crippen molar-refractivity contribution in [3.63, 3.8) is 0 Å². The van der Waals surface area contributed by atoms with Gasteiger partial charge in [-0.15, -0.1) is 10.2 Å². The minimum Gasteiger partial charge on any atom is -0.494 e. The Hall–Kier alpha value is -3.95. The van der Waals surface area contributed by atoms with Gasteiger partial charge in [0.15, 0.2) is 0 Å². The van der Waals surface area contributed by atoms with E-state index in [1.54, 1.807) is 24.3 Å². The van der Waals surface area contributed by atoms with Gasteiger partial charge in [-0.25, -0.2) is 13.1 Å². The largest absolute Gasteiger partial charge is 0.494 e. The van der Waals surface area contributed by atoms with Gasteiger partial charge in [-0.05, 0) is 73.7 Å². The monoisotopic (exact) mass is 491 g/mol. The average Bonchev–Trinajstić information content (AvgIpc) is 2.89. The Balaban J connectivity index is 1.25. The van der Waals surface area contributed by atoms with E-state index in [2.05, 4.69) is 14.9 Å². The summed E-state index contributed by atoms with van der Waals surface area (Å²) in [7, 11) is -3.69. The number of ether oxygens (including phenoxy) is 3. The molecule has 0 aliphatic carbocycles. The molecule has 0 radical (unpaired) electrons. The van der Waals surface area contributed by atoms with E-state index >= 15 is 0 Å². The fourth-order valence-electron chi connectivity index (χ4n) is 3.17. The zero-order valence-electron chi connectivity index (χ0n) is 19.1. The molecule has 9 heteroatoms. The number of hydrogen-bond donors (Lipinski definition) is 1. The molecule has 0 atom stereocenters. The molecule has 1 aromatic heterocycles. The van der Waals surface area contributed by atoms with Crippen LogP contribution in [0.25, 0.3) is 11.3 Å². The lowest BCUT2D eigenvalue weighted by atomic mass is 10.1.